The van der Waals surface area contributed by atoms with Crippen molar-refractivity contribution in [2.24, 2.45) is 0 Å². The van der Waals surface area contributed by atoms with Crippen molar-refractivity contribution >= 4 is 52.2 Å². The average molecular weight is 525 g/mol. The molecule has 0 saturated carbocycles. The van der Waals surface area contributed by atoms with Crippen LogP contribution in [0.25, 0.3) is 6.08 Å². The molecule has 4 rings (SSSR count). The molecule has 0 aromatic heterocycles. The van der Waals surface area contributed by atoms with E-state index in [4.69, 9.17) is 21.1 Å². The number of hydrogen-bond donors (Lipinski definition) is 0. The molecule has 0 unspecified atom stereocenters. The van der Waals surface area contributed by atoms with E-state index in [0.717, 1.165) is 22.2 Å². The molecule has 0 bridgehead atoms. The molecule has 9 nitrogen and oxygen atoms in total. The van der Waals surface area contributed by atoms with Crippen LogP contribution in [0.4, 0.5) is 10.5 Å². The number of hydrogen-bond acceptors (Lipinski definition) is 8. The number of amides is 2. The number of halogens is 1. The van der Waals surface area contributed by atoms with E-state index in [1.165, 1.54) is 37.4 Å². The molecule has 3 aromatic rings. The highest BCUT2D eigenvalue weighted by Gasteiger charge is 2.35. The number of nitrogens with zero attached hydrogens (tertiary/aromatic N) is 2. The molecule has 182 valence electrons. The first-order valence-electron chi connectivity index (χ1n) is 10.4. The Morgan fingerprint density at radius 2 is 1.83 bits per heavy atom. The summed E-state index contributed by atoms with van der Waals surface area (Å²) < 4.78 is 10.7. The van der Waals surface area contributed by atoms with Gasteiger partial charge in [0.1, 0.15) is 0 Å². The van der Waals surface area contributed by atoms with Gasteiger partial charge in [0, 0.05) is 17.2 Å². The second-order valence-corrected chi connectivity index (χ2v) is 8.93. The maximum atomic E-state index is 12.8. The van der Waals surface area contributed by atoms with Gasteiger partial charge in [-0.2, -0.15) is 0 Å². The van der Waals surface area contributed by atoms with Crippen molar-refractivity contribution in [1.29, 1.82) is 0 Å². The SMILES string of the molecule is COc1cc(/C=C2\SC(=O)N(Cc3cccc(Cl)c3)C2=O)ccc1OC(=O)c1ccc([N+](=O)[O-])cc1. The van der Waals surface area contributed by atoms with Crippen molar-refractivity contribution in [3.05, 3.63) is 103 Å². The number of benzene rings is 3. The van der Waals surface area contributed by atoms with Crippen molar-refractivity contribution in [3.63, 3.8) is 0 Å². The van der Waals surface area contributed by atoms with Crippen LogP contribution in [-0.4, -0.2) is 34.0 Å². The van der Waals surface area contributed by atoms with Crippen LogP contribution < -0.4 is 9.47 Å². The summed E-state index contributed by atoms with van der Waals surface area (Å²) in [6.07, 6.45) is 1.55. The predicted octanol–water partition coefficient (Wildman–Crippen LogP) is 5.71. The van der Waals surface area contributed by atoms with Crippen LogP contribution in [0.15, 0.2) is 71.6 Å². The van der Waals surface area contributed by atoms with Crippen LogP contribution in [0.3, 0.4) is 0 Å². The molecular formula is C25H17ClN2O7S. The second-order valence-electron chi connectivity index (χ2n) is 7.50. The zero-order valence-electron chi connectivity index (χ0n) is 18.7. The van der Waals surface area contributed by atoms with Gasteiger partial charge in [-0.05, 0) is 65.4 Å². The third kappa shape index (κ3) is 5.56. The first-order chi connectivity index (χ1) is 17.2. The fourth-order valence-electron chi connectivity index (χ4n) is 3.34. The molecule has 36 heavy (non-hydrogen) atoms. The summed E-state index contributed by atoms with van der Waals surface area (Å²) in [6, 6.07) is 16.6. The third-order valence-corrected chi connectivity index (χ3v) is 6.25. The van der Waals surface area contributed by atoms with E-state index >= 15 is 0 Å². The van der Waals surface area contributed by atoms with E-state index in [-0.39, 0.29) is 34.2 Å². The van der Waals surface area contributed by atoms with Gasteiger partial charge in [-0.15, -0.1) is 0 Å². The minimum atomic E-state index is -0.724. The summed E-state index contributed by atoms with van der Waals surface area (Å²) in [5, 5.41) is 10.9. The number of esters is 1. The number of rotatable bonds is 7. The van der Waals surface area contributed by atoms with Gasteiger partial charge in [0.05, 0.1) is 29.0 Å². The number of methoxy groups -OCH3 is 1. The number of nitro groups is 1. The Hall–Kier alpha value is -4.15. The summed E-state index contributed by atoms with van der Waals surface area (Å²) in [6.45, 7) is 0.101. The second kappa shape index (κ2) is 10.6. The third-order valence-electron chi connectivity index (χ3n) is 5.11. The van der Waals surface area contributed by atoms with Gasteiger partial charge >= 0.3 is 5.97 Å². The van der Waals surface area contributed by atoms with Crippen LogP contribution in [0.2, 0.25) is 5.02 Å². The Labute approximate surface area is 214 Å². The normalized spacial score (nSPS) is 14.3. The maximum Gasteiger partial charge on any atom is 0.343 e. The number of non-ortho nitro benzene ring substituents is 1. The molecule has 0 aliphatic carbocycles. The first kappa shape index (κ1) is 25.0. The van der Waals surface area contributed by atoms with Crippen LogP contribution in [0, 0.1) is 10.1 Å². The number of thioether (sulfide) groups is 1. The van der Waals surface area contributed by atoms with E-state index in [1.807, 2.05) is 0 Å². The molecular weight excluding hydrogens is 508 g/mol. The quantitative estimate of drug-likeness (QED) is 0.127. The molecule has 3 aromatic carbocycles. The lowest BCUT2D eigenvalue weighted by Crippen LogP contribution is -2.27. The van der Waals surface area contributed by atoms with Crippen LogP contribution in [0.5, 0.6) is 11.5 Å². The minimum absolute atomic E-state index is 0.101. The topological polar surface area (TPSA) is 116 Å². The molecule has 1 aliphatic rings. The van der Waals surface area contributed by atoms with Gasteiger partial charge in [-0.25, -0.2) is 4.79 Å². The van der Waals surface area contributed by atoms with Crippen LogP contribution in [0.1, 0.15) is 21.5 Å². The molecule has 1 aliphatic heterocycles. The lowest BCUT2D eigenvalue weighted by molar-refractivity contribution is -0.384. The van der Waals surface area contributed by atoms with Gasteiger partial charge in [0.2, 0.25) is 0 Å². The molecule has 1 fully saturated rings. The Balaban J connectivity index is 1.50. The lowest BCUT2D eigenvalue weighted by Gasteiger charge is -2.12. The van der Waals surface area contributed by atoms with Crippen molar-refractivity contribution in [1.82, 2.24) is 4.90 Å². The zero-order chi connectivity index (χ0) is 25.8. The molecule has 1 saturated heterocycles. The molecule has 0 radical (unpaired) electrons. The fourth-order valence-corrected chi connectivity index (χ4v) is 4.39. The van der Waals surface area contributed by atoms with Crippen molar-refractivity contribution < 1.29 is 28.8 Å². The fraction of sp³-hybridized carbons (Fsp3) is 0.0800. The molecule has 0 N–H and O–H groups in total. The maximum absolute atomic E-state index is 12.8. The molecule has 1 heterocycles. The van der Waals surface area contributed by atoms with E-state index in [2.05, 4.69) is 0 Å². The van der Waals surface area contributed by atoms with Gasteiger partial charge < -0.3 is 9.47 Å². The van der Waals surface area contributed by atoms with Gasteiger partial charge in [-0.3, -0.25) is 24.6 Å². The first-order valence-corrected chi connectivity index (χ1v) is 11.6. The highest BCUT2D eigenvalue weighted by Crippen LogP contribution is 2.35. The Bertz CT molecular complexity index is 1410. The number of carbonyl (C=O) groups is 3. The van der Waals surface area contributed by atoms with E-state index < -0.39 is 22.0 Å². The Morgan fingerprint density at radius 3 is 2.50 bits per heavy atom. The van der Waals surface area contributed by atoms with Gasteiger partial charge in [-0.1, -0.05) is 29.8 Å². The summed E-state index contributed by atoms with van der Waals surface area (Å²) in [7, 11) is 1.39. The van der Waals surface area contributed by atoms with Crippen molar-refractivity contribution in [3.8, 4) is 11.5 Å². The predicted molar refractivity (Wildman–Crippen MR) is 134 cm³/mol. The Kier molecular flexibility index (Phi) is 7.37. The molecule has 0 atom stereocenters. The summed E-state index contributed by atoms with van der Waals surface area (Å²) in [4.78, 5) is 49.3. The highest BCUT2D eigenvalue weighted by molar-refractivity contribution is 8.18. The monoisotopic (exact) mass is 524 g/mol. The number of nitro benzene ring substituents is 1. The number of carbonyl (C=O) groups excluding carboxylic acids is 3. The van der Waals surface area contributed by atoms with Crippen molar-refractivity contribution in [2.75, 3.05) is 7.11 Å². The van der Waals surface area contributed by atoms with E-state index in [1.54, 1.807) is 42.5 Å². The highest BCUT2D eigenvalue weighted by atomic mass is 35.5. The zero-order valence-corrected chi connectivity index (χ0v) is 20.2. The summed E-state index contributed by atoms with van der Waals surface area (Å²) >= 11 is 6.81. The number of imide groups is 1. The molecule has 0 spiro atoms. The van der Waals surface area contributed by atoms with E-state index in [9.17, 15) is 24.5 Å². The van der Waals surface area contributed by atoms with Crippen molar-refractivity contribution in [2.45, 2.75) is 6.54 Å². The van der Waals surface area contributed by atoms with Crippen LogP contribution in [-0.2, 0) is 11.3 Å². The van der Waals surface area contributed by atoms with E-state index in [0.29, 0.717) is 10.6 Å². The largest absolute Gasteiger partial charge is 0.493 e. The number of ether oxygens (including phenoxy) is 2. The smallest absolute Gasteiger partial charge is 0.343 e. The summed E-state index contributed by atoms with van der Waals surface area (Å²) in [5.74, 6) is -0.820. The van der Waals surface area contributed by atoms with Crippen LogP contribution >= 0.6 is 23.4 Å². The van der Waals surface area contributed by atoms with Gasteiger partial charge in [0.15, 0.2) is 11.5 Å². The van der Waals surface area contributed by atoms with Gasteiger partial charge in [0.25, 0.3) is 16.8 Å². The standard InChI is InChI=1S/C25H17ClN2O7S/c1-34-21-12-15(5-10-20(21)35-24(30)17-6-8-19(9-7-17)28(32)33)13-22-23(29)27(25(31)36-22)14-16-3-2-4-18(26)11-16/h2-13H,14H2,1H3/b22-13-. The minimum Gasteiger partial charge on any atom is -0.493 e. The lowest BCUT2D eigenvalue weighted by atomic mass is 10.1. The molecule has 2 amide bonds. The average Bonchev–Trinajstić information content (AvgIpc) is 3.12. The summed E-state index contributed by atoms with van der Waals surface area (Å²) in [5.41, 5.74) is 1.26. The molecule has 11 heteroatoms. The Morgan fingerprint density at radius 1 is 1.08 bits per heavy atom.